The average molecular weight is 405 g/mol. The molecule has 0 unspecified atom stereocenters. The van der Waals surface area contributed by atoms with Gasteiger partial charge in [0.2, 0.25) is 15.9 Å². The van der Waals surface area contributed by atoms with E-state index in [0.717, 1.165) is 29.6 Å². The number of anilines is 1. The van der Waals surface area contributed by atoms with Crippen LogP contribution in [0.4, 0.5) is 11.4 Å². The van der Waals surface area contributed by atoms with Gasteiger partial charge in [-0.3, -0.25) is 14.9 Å². The number of likely N-dealkylation sites (N-methyl/N-ethyl adjacent to an activating group) is 1. The molecule has 150 valence electrons. The summed E-state index contributed by atoms with van der Waals surface area (Å²) in [4.78, 5) is 22.1. The number of aryl methyl sites for hydroxylation is 1. The van der Waals surface area contributed by atoms with Gasteiger partial charge in [-0.05, 0) is 36.6 Å². The summed E-state index contributed by atoms with van der Waals surface area (Å²) in [6.45, 7) is 1.70. The van der Waals surface area contributed by atoms with Crippen molar-refractivity contribution in [3.8, 4) is 0 Å². The predicted octanol–water partition coefficient (Wildman–Crippen LogP) is 3.20. The van der Waals surface area contributed by atoms with Gasteiger partial charge in [0, 0.05) is 24.9 Å². The van der Waals surface area contributed by atoms with Crippen LogP contribution in [0.1, 0.15) is 25.3 Å². The van der Waals surface area contributed by atoms with E-state index in [1.54, 1.807) is 12.1 Å². The van der Waals surface area contributed by atoms with Crippen molar-refractivity contribution in [3.05, 3.63) is 64.2 Å². The summed E-state index contributed by atoms with van der Waals surface area (Å²) in [7, 11) is -2.78. The summed E-state index contributed by atoms with van der Waals surface area (Å²) < 4.78 is 26.0. The maximum atomic E-state index is 12.6. The van der Waals surface area contributed by atoms with Crippen LogP contribution >= 0.6 is 0 Å². The van der Waals surface area contributed by atoms with E-state index in [9.17, 15) is 23.3 Å². The first-order chi connectivity index (χ1) is 13.2. The van der Waals surface area contributed by atoms with Gasteiger partial charge in [0.1, 0.15) is 0 Å². The molecule has 0 aliphatic carbocycles. The second-order valence-corrected chi connectivity index (χ2v) is 8.41. The Morgan fingerprint density at radius 3 is 2.46 bits per heavy atom. The zero-order chi connectivity index (χ0) is 20.7. The van der Waals surface area contributed by atoms with Crippen molar-refractivity contribution in [2.75, 3.05) is 18.9 Å². The van der Waals surface area contributed by atoms with Crippen LogP contribution in [0.25, 0.3) is 0 Å². The lowest BCUT2D eigenvalue weighted by atomic mass is 10.1. The largest absolute Gasteiger partial charge is 0.325 e. The van der Waals surface area contributed by atoms with Crippen molar-refractivity contribution in [2.24, 2.45) is 0 Å². The molecule has 2 aromatic rings. The van der Waals surface area contributed by atoms with Crippen LogP contribution in [0.3, 0.4) is 0 Å². The third kappa shape index (κ3) is 5.61. The molecule has 0 fully saturated rings. The number of nitrogens with zero attached hydrogens (tertiary/aromatic N) is 2. The molecule has 0 saturated carbocycles. The monoisotopic (exact) mass is 405 g/mol. The Labute approximate surface area is 164 Å². The minimum absolute atomic E-state index is 0.239. The highest BCUT2D eigenvalue weighted by Crippen LogP contribution is 2.20. The predicted molar refractivity (Wildman–Crippen MR) is 107 cm³/mol. The summed E-state index contributed by atoms with van der Waals surface area (Å²) in [5, 5.41) is 13.5. The fourth-order valence-electron chi connectivity index (χ4n) is 2.56. The number of sulfonamides is 1. The second kappa shape index (κ2) is 9.43. The molecule has 2 aromatic carbocycles. The minimum Gasteiger partial charge on any atom is -0.325 e. The van der Waals surface area contributed by atoms with E-state index in [4.69, 9.17) is 0 Å². The number of unbranched alkanes of at least 4 members (excludes halogenated alkanes) is 1. The van der Waals surface area contributed by atoms with Crippen LogP contribution in [-0.4, -0.2) is 37.1 Å². The molecule has 0 heterocycles. The molecule has 1 N–H and O–H groups in total. The summed E-state index contributed by atoms with van der Waals surface area (Å²) in [6, 6.07) is 12.1. The fraction of sp³-hybridized carbons (Fsp3) is 0.316. The van der Waals surface area contributed by atoms with E-state index in [-0.39, 0.29) is 10.6 Å². The molecular formula is C19H23N3O5S. The van der Waals surface area contributed by atoms with Crippen molar-refractivity contribution in [2.45, 2.75) is 31.1 Å². The number of hydrogen-bond acceptors (Lipinski definition) is 5. The van der Waals surface area contributed by atoms with Crippen LogP contribution in [0, 0.1) is 10.1 Å². The van der Waals surface area contributed by atoms with Gasteiger partial charge in [-0.25, -0.2) is 8.42 Å². The Morgan fingerprint density at radius 2 is 1.86 bits per heavy atom. The highest BCUT2D eigenvalue weighted by atomic mass is 32.2. The van der Waals surface area contributed by atoms with E-state index < -0.39 is 27.4 Å². The van der Waals surface area contributed by atoms with E-state index in [1.807, 2.05) is 12.1 Å². The van der Waals surface area contributed by atoms with Crippen molar-refractivity contribution in [3.63, 3.8) is 0 Å². The quantitative estimate of drug-likeness (QED) is 0.509. The molecule has 0 aliphatic heterocycles. The standard InChI is InChI=1S/C19H23N3O5S/c1-3-4-6-15-9-11-16(12-10-15)20-19(23)14-21(2)28(26,27)18-8-5-7-17(13-18)22(24)25/h5,7-13H,3-4,6,14H2,1-2H3,(H,20,23). The first-order valence-electron chi connectivity index (χ1n) is 8.83. The van der Waals surface area contributed by atoms with Gasteiger partial charge < -0.3 is 5.32 Å². The highest BCUT2D eigenvalue weighted by Gasteiger charge is 2.24. The van der Waals surface area contributed by atoms with Crippen molar-refractivity contribution in [1.82, 2.24) is 4.31 Å². The van der Waals surface area contributed by atoms with E-state index in [2.05, 4.69) is 12.2 Å². The molecule has 0 bridgehead atoms. The third-order valence-corrected chi connectivity index (χ3v) is 5.96. The summed E-state index contributed by atoms with van der Waals surface area (Å²) in [6.07, 6.45) is 3.16. The summed E-state index contributed by atoms with van der Waals surface area (Å²) in [5.74, 6) is -0.502. The Kier molecular flexibility index (Phi) is 7.24. The van der Waals surface area contributed by atoms with Gasteiger partial charge >= 0.3 is 0 Å². The molecule has 9 heteroatoms. The van der Waals surface area contributed by atoms with Crippen LogP contribution in [0.2, 0.25) is 0 Å². The molecule has 0 radical (unpaired) electrons. The molecule has 2 rings (SSSR count). The Bertz CT molecular complexity index is 942. The van der Waals surface area contributed by atoms with E-state index >= 15 is 0 Å². The smallest absolute Gasteiger partial charge is 0.270 e. The number of carbonyl (C=O) groups is 1. The van der Waals surface area contributed by atoms with E-state index in [0.29, 0.717) is 5.69 Å². The number of benzene rings is 2. The number of rotatable bonds is 9. The number of nitro groups is 1. The van der Waals surface area contributed by atoms with Crippen molar-refractivity contribution in [1.29, 1.82) is 0 Å². The molecule has 1 amide bonds. The van der Waals surface area contributed by atoms with Crippen LogP contribution < -0.4 is 5.32 Å². The molecule has 0 atom stereocenters. The van der Waals surface area contributed by atoms with Gasteiger partial charge in [0.25, 0.3) is 5.69 Å². The number of nitro benzene ring substituents is 1. The lowest BCUT2D eigenvalue weighted by Crippen LogP contribution is -2.35. The van der Waals surface area contributed by atoms with Crippen LogP contribution in [0.5, 0.6) is 0 Å². The van der Waals surface area contributed by atoms with Gasteiger partial charge in [0.15, 0.2) is 0 Å². The molecule has 28 heavy (non-hydrogen) atoms. The first-order valence-corrected chi connectivity index (χ1v) is 10.3. The number of hydrogen-bond donors (Lipinski definition) is 1. The summed E-state index contributed by atoms with van der Waals surface area (Å²) >= 11 is 0. The zero-order valence-corrected chi connectivity index (χ0v) is 16.6. The average Bonchev–Trinajstić information content (AvgIpc) is 2.67. The number of non-ortho nitro benzene ring substituents is 1. The van der Waals surface area contributed by atoms with Gasteiger partial charge in [-0.1, -0.05) is 31.5 Å². The van der Waals surface area contributed by atoms with Gasteiger partial charge in [-0.15, -0.1) is 0 Å². The molecular weight excluding hydrogens is 382 g/mol. The highest BCUT2D eigenvalue weighted by molar-refractivity contribution is 7.89. The van der Waals surface area contributed by atoms with Crippen molar-refractivity contribution >= 4 is 27.3 Å². The van der Waals surface area contributed by atoms with Crippen molar-refractivity contribution < 1.29 is 18.1 Å². The fourth-order valence-corrected chi connectivity index (χ4v) is 3.73. The number of carbonyl (C=O) groups excluding carboxylic acids is 1. The molecule has 8 nitrogen and oxygen atoms in total. The lowest BCUT2D eigenvalue weighted by molar-refractivity contribution is -0.385. The van der Waals surface area contributed by atoms with Gasteiger partial charge in [-0.2, -0.15) is 4.31 Å². The van der Waals surface area contributed by atoms with Crippen LogP contribution in [-0.2, 0) is 21.2 Å². The number of nitrogens with one attached hydrogen (secondary N) is 1. The Hall–Kier alpha value is -2.78. The van der Waals surface area contributed by atoms with E-state index in [1.165, 1.54) is 30.8 Å². The lowest BCUT2D eigenvalue weighted by Gasteiger charge is -2.17. The van der Waals surface area contributed by atoms with Crippen LogP contribution in [0.15, 0.2) is 53.4 Å². The molecule has 0 saturated heterocycles. The molecule has 0 aliphatic rings. The minimum atomic E-state index is -4.03. The Morgan fingerprint density at radius 1 is 1.18 bits per heavy atom. The maximum absolute atomic E-state index is 12.6. The Balaban J connectivity index is 2.02. The summed E-state index contributed by atoms with van der Waals surface area (Å²) in [5.41, 5.74) is 1.42. The molecule has 0 aromatic heterocycles. The second-order valence-electron chi connectivity index (χ2n) is 6.36. The third-order valence-electron chi connectivity index (χ3n) is 4.16. The topological polar surface area (TPSA) is 110 Å². The number of amides is 1. The molecule has 0 spiro atoms. The van der Waals surface area contributed by atoms with Gasteiger partial charge in [0.05, 0.1) is 16.4 Å². The normalized spacial score (nSPS) is 11.4. The zero-order valence-electron chi connectivity index (χ0n) is 15.8. The maximum Gasteiger partial charge on any atom is 0.270 e. The first kappa shape index (κ1) is 21.5. The SMILES string of the molecule is CCCCc1ccc(NC(=O)CN(C)S(=O)(=O)c2cccc([N+](=O)[O-])c2)cc1.